The maximum Gasteiger partial charge on any atom is 0.240 e. The average molecular weight is 732 g/mol. The van der Waals surface area contributed by atoms with E-state index in [4.69, 9.17) is 36.9 Å². The van der Waals surface area contributed by atoms with E-state index in [2.05, 4.69) is 36.4 Å². The summed E-state index contributed by atoms with van der Waals surface area (Å²) in [7, 11) is 0. The second kappa shape index (κ2) is 13.0. The lowest BCUT2D eigenvalue weighted by molar-refractivity contribution is 0.893. The third-order valence-corrected chi connectivity index (χ3v) is 9.76. The molecule has 56 heavy (non-hydrogen) atoms. The molecule has 262 valence electrons. The van der Waals surface area contributed by atoms with Gasteiger partial charge in [0.2, 0.25) is 11.9 Å². The first-order valence-corrected chi connectivity index (χ1v) is 17.6. The minimum Gasteiger partial charge on any atom is -0.278 e. The molecule has 11 aromatic rings. The summed E-state index contributed by atoms with van der Waals surface area (Å²) in [5.74, 6) is -1.06. The Bertz CT molecular complexity index is 3800. The lowest BCUT2D eigenvalue weighted by Crippen LogP contribution is -2.10. The zero-order chi connectivity index (χ0) is 50.9. The summed E-state index contributed by atoms with van der Waals surface area (Å²) in [4.78, 5) is 14.3. The number of nitrogens with zero attached hydrogens (tertiary/aromatic N) is 5. The minimum atomic E-state index is -0.694. The van der Waals surface area contributed by atoms with Gasteiger partial charge < -0.3 is 0 Å². The number of rotatable bonds is 6. The third kappa shape index (κ3) is 5.29. The molecule has 0 amide bonds. The molecule has 0 spiro atoms. The van der Waals surface area contributed by atoms with Crippen molar-refractivity contribution in [3.63, 3.8) is 0 Å². The Kier molecular flexibility index (Phi) is 4.57. The van der Waals surface area contributed by atoms with E-state index in [1.165, 1.54) is 0 Å². The third-order valence-electron chi connectivity index (χ3n) is 9.76. The normalized spacial score (nSPS) is 15.6. The molecular weight excluding hydrogens is 683 g/mol. The molecule has 0 aliphatic rings. The van der Waals surface area contributed by atoms with Crippen LogP contribution in [0.15, 0.2) is 200 Å². The molecular formula is C51H33N5. The summed E-state index contributed by atoms with van der Waals surface area (Å²) in [6.07, 6.45) is 0. The van der Waals surface area contributed by atoms with Gasteiger partial charge in [0.25, 0.3) is 0 Å². The van der Waals surface area contributed by atoms with Crippen LogP contribution >= 0.6 is 0 Å². The molecule has 0 aliphatic carbocycles. The zero-order valence-electron chi connectivity index (χ0n) is 45.1. The predicted octanol–water partition coefficient (Wildman–Crippen LogP) is 12.7. The lowest BCUT2D eigenvalue weighted by Gasteiger charge is -2.13. The highest BCUT2D eigenvalue weighted by atomic mass is 15.3. The predicted molar refractivity (Wildman–Crippen MR) is 230 cm³/mol. The van der Waals surface area contributed by atoms with Crippen LogP contribution in [0.4, 0.5) is 0 Å². The van der Waals surface area contributed by atoms with Crippen molar-refractivity contribution >= 4 is 43.6 Å². The molecule has 8 aromatic carbocycles. The highest BCUT2D eigenvalue weighted by molar-refractivity contribution is 6.10. The van der Waals surface area contributed by atoms with E-state index in [9.17, 15) is 0 Å². The number of para-hydroxylation sites is 4. The number of hydrogen-bond acceptors (Lipinski definition) is 3. The van der Waals surface area contributed by atoms with Gasteiger partial charge in [0.05, 0.1) is 44.0 Å². The van der Waals surface area contributed by atoms with Crippen molar-refractivity contribution in [2.75, 3.05) is 0 Å². The van der Waals surface area contributed by atoms with Crippen LogP contribution in [-0.4, -0.2) is 24.1 Å². The summed E-state index contributed by atoms with van der Waals surface area (Å²) in [6.45, 7) is 0. The first kappa shape index (κ1) is 19.6. The van der Waals surface area contributed by atoms with Gasteiger partial charge in [0.15, 0.2) is 5.82 Å². The average Bonchev–Trinajstić information content (AvgIpc) is 3.97. The molecule has 3 aromatic heterocycles. The van der Waals surface area contributed by atoms with Gasteiger partial charge in [0.1, 0.15) is 0 Å². The first-order valence-electron chi connectivity index (χ1n) is 25.6. The van der Waals surface area contributed by atoms with Crippen LogP contribution in [0.5, 0.6) is 0 Å². The fraction of sp³-hybridized carbons (Fsp3) is 0. The van der Waals surface area contributed by atoms with Gasteiger partial charge in [-0.3, -0.25) is 9.13 Å². The molecule has 0 atom stereocenters. The summed E-state index contributed by atoms with van der Waals surface area (Å²) >= 11 is 0. The zero-order valence-corrected chi connectivity index (χ0v) is 29.1. The summed E-state index contributed by atoms with van der Waals surface area (Å²) in [5, 5.41) is -1.03. The SMILES string of the molecule is [2H]c1c([2H])c([2H])c2c(c1[2H])c1c([2H])c([2H])c([2H])c([2H])c1n2-c1nc(-c2ccc(-c3ccc(-c4ccc(-c5ccccc5)cc4)cc3)cc2)nc(-n2c3c([2H])c([2H])c([2H])c([2H])c3c3c([2H])c([2H])c([2H])c([2H])c32)n1. The number of fused-ring (bicyclic) bond motifs is 6. The van der Waals surface area contributed by atoms with Crippen LogP contribution in [0, 0.1) is 0 Å². The summed E-state index contributed by atoms with van der Waals surface area (Å²) in [5.41, 5.74) is 4.96. The Morgan fingerprint density at radius 1 is 0.304 bits per heavy atom. The van der Waals surface area contributed by atoms with Gasteiger partial charge in [-0.15, -0.1) is 0 Å². The Morgan fingerprint density at radius 2 is 0.589 bits per heavy atom. The summed E-state index contributed by atoms with van der Waals surface area (Å²) < 4.78 is 144. The highest BCUT2D eigenvalue weighted by Gasteiger charge is 2.20. The topological polar surface area (TPSA) is 48.5 Å². The number of aromatic nitrogens is 5. The molecule has 5 heteroatoms. The lowest BCUT2D eigenvalue weighted by atomic mass is 9.98. The van der Waals surface area contributed by atoms with Crippen molar-refractivity contribution in [2.24, 2.45) is 0 Å². The van der Waals surface area contributed by atoms with E-state index < -0.39 is 109 Å². The van der Waals surface area contributed by atoms with E-state index in [-0.39, 0.29) is 49.4 Å². The molecule has 0 radical (unpaired) electrons. The van der Waals surface area contributed by atoms with Gasteiger partial charge in [-0.2, -0.15) is 15.0 Å². The molecule has 11 rings (SSSR count). The van der Waals surface area contributed by atoms with Crippen molar-refractivity contribution < 1.29 is 21.9 Å². The van der Waals surface area contributed by atoms with Crippen molar-refractivity contribution in [2.45, 2.75) is 0 Å². The van der Waals surface area contributed by atoms with E-state index in [0.717, 1.165) is 42.5 Å². The maximum atomic E-state index is 9.15. The van der Waals surface area contributed by atoms with E-state index in [1.807, 2.05) is 54.6 Å². The van der Waals surface area contributed by atoms with Crippen LogP contribution in [0.1, 0.15) is 21.9 Å². The molecule has 0 fully saturated rings. The molecule has 0 aliphatic heterocycles. The molecule has 0 saturated heterocycles. The Balaban J connectivity index is 1.16. The van der Waals surface area contributed by atoms with Crippen LogP contribution in [-0.2, 0) is 0 Å². The Morgan fingerprint density at radius 3 is 0.929 bits per heavy atom. The fourth-order valence-corrected chi connectivity index (χ4v) is 7.08. The van der Waals surface area contributed by atoms with E-state index in [1.54, 1.807) is 12.1 Å². The van der Waals surface area contributed by atoms with Gasteiger partial charge in [-0.25, -0.2) is 0 Å². The Labute approximate surface area is 345 Å². The number of hydrogen-bond donors (Lipinski definition) is 0. The maximum absolute atomic E-state index is 9.15. The van der Waals surface area contributed by atoms with E-state index >= 15 is 0 Å². The largest absolute Gasteiger partial charge is 0.278 e. The molecule has 0 bridgehead atoms. The van der Waals surface area contributed by atoms with Gasteiger partial charge in [-0.05, 0) is 57.6 Å². The quantitative estimate of drug-likeness (QED) is 0.171. The second-order valence-corrected chi connectivity index (χ2v) is 12.9. The monoisotopic (exact) mass is 731 g/mol. The van der Waals surface area contributed by atoms with E-state index in [0.29, 0.717) is 5.56 Å². The molecule has 3 heterocycles. The van der Waals surface area contributed by atoms with Crippen molar-refractivity contribution in [1.82, 2.24) is 24.1 Å². The minimum absolute atomic E-state index is 0.135. The van der Waals surface area contributed by atoms with Crippen LogP contribution in [0.25, 0.3) is 100 Å². The van der Waals surface area contributed by atoms with Crippen LogP contribution < -0.4 is 0 Å². The van der Waals surface area contributed by atoms with Crippen LogP contribution in [0.2, 0.25) is 0 Å². The fourth-order valence-electron chi connectivity index (χ4n) is 7.08. The van der Waals surface area contributed by atoms with Gasteiger partial charge in [-0.1, -0.05) is 176 Å². The molecule has 5 nitrogen and oxygen atoms in total. The van der Waals surface area contributed by atoms with Crippen molar-refractivity contribution in [3.05, 3.63) is 200 Å². The van der Waals surface area contributed by atoms with Crippen molar-refractivity contribution in [3.8, 4) is 56.7 Å². The van der Waals surface area contributed by atoms with Crippen molar-refractivity contribution in [1.29, 1.82) is 0 Å². The molecule has 0 unspecified atom stereocenters. The van der Waals surface area contributed by atoms with Gasteiger partial charge in [0, 0.05) is 27.1 Å². The van der Waals surface area contributed by atoms with Gasteiger partial charge >= 0.3 is 0 Å². The molecule has 0 N–H and O–H groups in total. The Hall–Kier alpha value is -7.63. The summed E-state index contributed by atoms with van der Waals surface area (Å²) in [6, 6.07) is 22.9. The van der Waals surface area contributed by atoms with Crippen LogP contribution in [0.3, 0.4) is 0 Å². The smallest absolute Gasteiger partial charge is 0.240 e. The first-order chi connectivity index (χ1) is 34.4. The molecule has 0 saturated carbocycles. The second-order valence-electron chi connectivity index (χ2n) is 12.9. The number of benzene rings is 8. The highest BCUT2D eigenvalue weighted by Crippen LogP contribution is 2.35. The standard InChI is InChI=1S/C51H33N5/c1-2-12-34(13-3-1)35-22-24-36(25-23-35)37-26-28-38(29-27-37)39-30-32-40(33-31-39)49-52-50(55-45-18-8-4-14-41(45)42-15-5-9-19-46(42)55)54-51(53-49)56-47-20-10-6-16-43(47)44-17-7-11-21-48(44)56/h1-33H/i4D,5D,6D,7D,8D,9D,10D,11D,14D,15D,16D,17D,18D,19D,20D,21D.